The molecule has 0 saturated heterocycles. The van der Waals surface area contributed by atoms with Gasteiger partial charge in [0.05, 0.1) is 17.5 Å². The lowest BCUT2D eigenvalue weighted by atomic mass is 10.1. The molecule has 0 bridgehead atoms. The Morgan fingerprint density at radius 2 is 2.06 bits per heavy atom. The van der Waals surface area contributed by atoms with Crippen molar-refractivity contribution in [2.45, 2.75) is 13.5 Å². The zero-order valence-corrected chi connectivity index (χ0v) is 19.3. The summed E-state index contributed by atoms with van der Waals surface area (Å²) < 4.78 is 13.9. The summed E-state index contributed by atoms with van der Waals surface area (Å²) in [6.45, 7) is 2.21. The number of rotatable bonds is 4. The third kappa shape index (κ3) is 3.53. The van der Waals surface area contributed by atoms with Crippen molar-refractivity contribution in [1.29, 1.82) is 5.41 Å². The van der Waals surface area contributed by atoms with Gasteiger partial charge in [-0.25, -0.2) is 9.97 Å². The molecule has 0 spiro atoms. The topological polar surface area (TPSA) is 124 Å². The van der Waals surface area contributed by atoms with Crippen LogP contribution in [0, 0.1) is 12.3 Å². The van der Waals surface area contributed by atoms with Gasteiger partial charge in [0.15, 0.2) is 16.6 Å². The van der Waals surface area contributed by atoms with Crippen LogP contribution in [0.3, 0.4) is 0 Å². The number of ether oxygens (including phenoxy) is 2. The van der Waals surface area contributed by atoms with Crippen molar-refractivity contribution in [1.82, 2.24) is 18.9 Å². The van der Waals surface area contributed by atoms with E-state index in [0.717, 1.165) is 11.1 Å². The molecule has 1 aliphatic heterocycles. The Hall–Kier alpha value is -4.51. The lowest BCUT2D eigenvalue weighted by Gasteiger charge is -2.15. The Bertz CT molecular complexity index is 1760. The molecule has 0 aliphatic carbocycles. The molecule has 0 fully saturated rings. The first-order valence-corrected chi connectivity index (χ1v) is 11.6. The number of thiazole rings is 1. The van der Waals surface area contributed by atoms with Gasteiger partial charge < -0.3 is 14.0 Å². The number of amides is 1. The summed E-state index contributed by atoms with van der Waals surface area (Å²) in [5, 5.41) is 14.0. The molecule has 35 heavy (non-hydrogen) atoms. The highest BCUT2D eigenvalue weighted by Gasteiger charge is 2.20. The standard InChI is InChI=1S/C24H18N6O4S/c1-13-3-2-7-29-20(13)27-21-16(23(29)32)10-15(22(31)28-24-26-6-8-35-24)19(25)30(21)11-14-4-5-17-18(9-14)34-12-33-17/h2-10,25H,11-12H2,1H3,(H,26,28,31). The fourth-order valence-corrected chi connectivity index (χ4v) is 4.62. The predicted octanol–water partition coefficient (Wildman–Crippen LogP) is 2.92. The molecule has 4 aromatic heterocycles. The molecule has 11 heteroatoms. The van der Waals surface area contributed by atoms with Crippen molar-refractivity contribution < 1.29 is 14.3 Å². The van der Waals surface area contributed by atoms with E-state index in [0.29, 0.717) is 27.9 Å². The highest BCUT2D eigenvalue weighted by Crippen LogP contribution is 2.32. The predicted molar refractivity (Wildman–Crippen MR) is 129 cm³/mol. The van der Waals surface area contributed by atoms with Gasteiger partial charge in [-0.3, -0.25) is 24.7 Å². The maximum Gasteiger partial charge on any atom is 0.267 e. The molecule has 5 aromatic rings. The van der Waals surface area contributed by atoms with E-state index in [2.05, 4.69) is 10.3 Å². The van der Waals surface area contributed by atoms with Crippen LogP contribution in [0.1, 0.15) is 21.5 Å². The highest BCUT2D eigenvalue weighted by molar-refractivity contribution is 7.13. The minimum Gasteiger partial charge on any atom is -0.454 e. The number of pyridine rings is 2. The largest absolute Gasteiger partial charge is 0.454 e. The minimum atomic E-state index is -0.528. The Kier molecular flexibility index (Phi) is 4.85. The fraction of sp³-hybridized carbons (Fsp3) is 0.125. The first-order chi connectivity index (χ1) is 17.0. The Labute approximate surface area is 201 Å². The summed E-state index contributed by atoms with van der Waals surface area (Å²) in [6.07, 6.45) is 3.22. The molecular formula is C24H18N6O4S. The quantitative estimate of drug-likeness (QED) is 0.377. The van der Waals surface area contributed by atoms with E-state index in [-0.39, 0.29) is 35.3 Å². The van der Waals surface area contributed by atoms with Crippen LogP contribution in [0.25, 0.3) is 16.7 Å². The maximum absolute atomic E-state index is 13.5. The Balaban J connectivity index is 1.59. The van der Waals surface area contributed by atoms with Crippen LogP contribution >= 0.6 is 11.3 Å². The van der Waals surface area contributed by atoms with Gasteiger partial charge in [-0.15, -0.1) is 11.3 Å². The second kappa shape index (κ2) is 8.06. The zero-order chi connectivity index (χ0) is 24.1. The lowest BCUT2D eigenvalue weighted by Crippen LogP contribution is -2.32. The van der Waals surface area contributed by atoms with Crippen LogP contribution in [-0.4, -0.2) is 31.6 Å². The molecule has 1 aliphatic rings. The molecule has 5 heterocycles. The minimum absolute atomic E-state index is 0.0416. The first-order valence-electron chi connectivity index (χ1n) is 10.7. The second-order valence-corrected chi connectivity index (χ2v) is 8.91. The molecule has 0 radical (unpaired) electrons. The van der Waals surface area contributed by atoms with Gasteiger partial charge in [0.25, 0.3) is 11.5 Å². The van der Waals surface area contributed by atoms with E-state index in [1.165, 1.54) is 21.8 Å². The average molecular weight is 487 g/mol. The molecule has 0 atom stereocenters. The van der Waals surface area contributed by atoms with Gasteiger partial charge in [0.2, 0.25) is 6.79 Å². The number of fused-ring (bicyclic) bond motifs is 3. The zero-order valence-electron chi connectivity index (χ0n) is 18.4. The van der Waals surface area contributed by atoms with Crippen LogP contribution in [0.2, 0.25) is 0 Å². The Morgan fingerprint density at radius 3 is 2.89 bits per heavy atom. The normalized spacial score (nSPS) is 12.4. The van der Waals surface area contributed by atoms with Crippen LogP contribution in [-0.2, 0) is 6.54 Å². The summed E-state index contributed by atoms with van der Waals surface area (Å²) in [7, 11) is 0. The number of nitrogens with one attached hydrogen (secondary N) is 2. The maximum atomic E-state index is 13.5. The van der Waals surface area contributed by atoms with E-state index < -0.39 is 5.91 Å². The number of carbonyl (C=O) groups excluding carboxylic acids is 1. The number of aryl methyl sites for hydroxylation is 1. The molecule has 6 rings (SSSR count). The van der Waals surface area contributed by atoms with E-state index in [4.69, 9.17) is 19.9 Å². The van der Waals surface area contributed by atoms with Crippen LogP contribution < -0.4 is 25.8 Å². The first kappa shape index (κ1) is 21.1. The van der Waals surface area contributed by atoms with Gasteiger partial charge >= 0.3 is 0 Å². The van der Waals surface area contributed by atoms with E-state index in [9.17, 15) is 9.59 Å². The summed E-state index contributed by atoms with van der Waals surface area (Å²) >= 11 is 1.27. The van der Waals surface area contributed by atoms with Crippen LogP contribution in [0.5, 0.6) is 11.5 Å². The van der Waals surface area contributed by atoms with Crippen molar-refractivity contribution in [3.63, 3.8) is 0 Å². The molecule has 2 N–H and O–H groups in total. The number of carbonyl (C=O) groups is 1. The fourth-order valence-electron chi connectivity index (χ4n) is 4.10. The van der Waals surface area contributed by atoms with Crippen molar-refractivity contribution in [3.05, 3.63) is 86.7 Å². The number of nitrogens with zero attached hydrogens (tertiary/aromatic N) is 4. The molecule has 1 amide bonds. The summed E-state index contributed by atoms with van der Waals surface area (Å²) in [5.41, 5.74) is 2.07. The van der Waals surface area contributed by atoms with Crippen molar-refractivity contribution in [2.24, 2.45) is 0 Å². The second-order valence-electron chi connectivity index (χ2n) is 8.01. The monoisotopic (exact) mass is 486 g/mol. The van der Waals surface area contributed by atoms with E-state index in [1.807, 2.05) is 25.1 Å². The number of benzene rings is 1. The number of hydrogen-bond acceptors (Lipinski definition) is 8. The SMILES string of the molecule is Cc1cccn2c(=O)c3cc(C(=O)Nc4nccs4)c(=N)n(Cc4ccc5c(c4)OCO5)c3nc12. The van der Waals surface area contributed by atoms with Gasteiger partial charge in [0, 0.05) is 17.8 Å². The summed E-state index contributed by atoms with van der Waals surface area (Å²) in [5.74, 6) is 0.718. The molecule has 10 nitrogen and oxygen atoms in total. The van der Waals surface area contributed by atoms with Crippen molar-refractivity contribution >= 4 is 39.1 Å². The van der Waals surface area contributed by atoms with E-state index >= 15 is 0 Å². The van der Waals surface area contributed by atoms with Gasteiger partial charge in [0.1, 0.15) is 16.8 Å². The molecule has 1 aromatic carbocycles. The number of hydrogen-bond donors (Lipinski definition) is 2. The highest BCUT2D eigenvalue weighted by atomic mass is 32.1. The van der Waals surface area contributed by atoms with Gasteiger partial charge in [-0.1, -0.05) is 12.1 Å². The molecule has 0 saturated carbocycles. The summed E-state index contributed by atoms with van der Waals surface area (Å²) in [6, 6.07) is 10.5. The smallest absolute Gasteiger partial charge is 0.267 e. The molecule has 0 unspecified atom stereocenters. The van der Waals surface area contributed by atoms with Crippen LogP contribution in [0.15, 0.2) is 59.0 Å². The van der Waals surface area contributed by atoms with Gasteiger partial charge in [-0.2, -0.15) is 0 Å². The number of anilines is 1. The Morgan fingerprint density at radius 1 is 1.20 bits per heavy atom. The van der Waals surface area contributed by atoms with Crippen molar-refractivity contribution in [3.8, 4) is 11.5 Å². The summed E-state index contributed by atoms with van der Waals surface area (Å²) in [4.78, 5) is 35.4. The van der Waals surface area contributed by atoms with Crippen LogP contribution in [0.4, 0.5) is 5.13 Å². The lowest BCUT2D eigenvalue weighted by molar-refractivity contribution is 0.102. The van der Waals surface area contributed by atoms with E-state index in [1.54, 1.807) is 34.5 Å². The van der Waals surface area contributed by atoms with Crippen molar-refractivity contribution in [2.75, 3.05) is 12.1 Å². The number of aromatic nitrogens is 4. The van der Waals surface area contributed by atoms with Gasteiger partial charge in [-0.05, 0) is 42.3 Å². The third-order valence-corrected chi connectivity index (χ3v) is 6.50. The molecular weight excluding hydrogens is 468 g/mol. The average Bonchev–Trinajstić information content (AvgIpc) is 3.53. The molecule has 174 valence electrons. The third-order valence-electron chi connectivity index (χ3n) is 5.81.